The molecular weight excluding hydrogens is 246 g/mol. The third-order valence-corrected chi connectivity index (χ3v) is 2.90. The van der Waals surface area contributed by atoms with Crippen molar-refractivity contribution in [2.75, 3.05) is 32.0 Å². The third kappa shape index (κ3) is 3.87. The third-order valence-electron chi connectivity index (χ3n) is 2.90. The molecule has 6 nitrogen and oxygen atoms in total. The predicted octanol–water partition coefficient (Wildman–Crippen LogP) is 0.380. The number of nitrogen functional groups attached to an aromatic ring is 1. The molecule has 0 atom stereocenters. The van der Waals surface area contributed by atoms with Gasteiger partial charge in [0.15, 0.2) is 0 Å². The van der Waals surface area contributed by atoms with Crippen molar-refractivity contribution in [3.63, 3.8) is 0 Å². The summed E-state index contributed by atoms with van der Waals surface area (Å²) in [6.07, 6.45) is 0.215. The molecule has 0 radical (unpaired) electrons. The van der Waals surface area contributed by atoms with Crippen molar-refractivity contribution in [2.45, 2.75) is 6.42 Å². The van der Waals surface area contributed by atoms with E-state index < -0.39 is 0 Å². The molecule has 1 aliphatic heterocycles. The number of nitrogens with two attached hydrogens (primary N) is 1. The van der Waals surface area contributed by atoms with Crippen LogP contribution in [-0.2, 0) is 16.0 Å². The van der Waals surface area contributed by atoms with Crippen LogP contribution in [0.1, 0.15) is 5.56 Å². The predicted molar refractivity (Wildman–Crippen MR) is 70.5 cm³/mol. The van der Waals surface area contributed by atoms with Crippen LogP contribution in [0, 0.1) is 0 Å². The number of hydrogen-bond donors (Lipinski definition) is 2. The van der Waals surface area contributed by atoms with Gasteiger partial charge in [-0.1, -0.05) is 12.1 Å². The van der Waals surface area contributed by atoms with Gasteiger partial charge in [-0.15, -0.1) is 0 Å². The van der Waals surface area contributed by atoms with E-state index in [4.69, 9.17) is 10.5 Å². The average Bonchev–Trinajstić information content (AvgIpc) is 2.78. The zero-order chi connectivity index (χ0) is 13.7. The van der Waals surface area contributed by atoms with Crippen molar-refractivity contribution in [2.24, 2.45) is 0 Å². The Morgan fingerprint density at radius 2 is 2.11 bits per heavy atom. The van der Waals surface area contributed by atoms with Crippen molar-refractivity contribution < 1.29 is 14.3 Å². The summed E-state index contributed by atoms with van der Waals surface area (Å²) in [6, 6.07) is 6.98. The Kier molecular flexibility index (Phi) is 4.22. The molecule has 0 unspecified atom stereocenters. The van der Waals surface area contributed by atoms with E-state index in [0.717, 1.165) is 5.56 Å². The smallest absolute Gasteiger partial charge is 0.317 e. The Morgan fingerprint density at radius 1 is 1.37 bits per heavy atom. The summed E-state index contributed by atoms with van der Waals surface area (Å²) in [5.74, 6) is -0.302. The molecule has 0 spiro atoms. The van der Waals surface area contributed by atoms with Crippen molar-refractivity contribution in [3.05, 3.63) is 29.8 Å². The second kappa shape index (κ2) is 6.08. The maximum absolute atomic E-state index is 11.6. The minimum Gasteiger partial charge on any atom is -0.464 e. The number of carbonyl (C=O) groups is 2. The number of carbonyl (C=O) groups excluding carboxylic acids is 2. The fourth-order valence-electron chi connectivity index (χ4n) is 1.85. The molecule has 1 heterocycles. The van der Waals surface area contributed by atoms with E-state index in [1.807, 2.05) is 0 Å². The zero-order valence-electron chi connectivity index (χ0n) is 10.6. The van der Waals surface area contributed by atoms with Crippen LogP contribution in [0.25, 0.3) is 0 Å². The molecule has 0 bridgehead atoms. The molecule has 1 aromatic rings. The van der Waals surface area contributed by atoms with E-state index in [-0.39, 0.29) is 25.0 Å². The molecule has 3 N–H and O–H groups in total. The Morgan fingerprint density at radius 3 is 2.74 bits per heavy atom. The van der Waals surface area contributed by atoms with Crippen molar-refractivity contribution in [1.29, 1.82) is 0 Å². The standard InChI is InChI=1S/C13H17N3O3/c14-11-3-1-10(2-4-11)9-12(17)19-8-7-16-6-5-15-13(16)18/h1-4H,5-9,14H2,(H,15,18). The number of rotatable bonds is 5. The molecule has 19 heavy (non-hydrogen) atoms. The minimum absolute atomic E-state index is 0.102. The van der Waals surface area contributed by atoms with Crippen LogP contribution in [0.15, 0.2) is 24.3 Å². The molecular formula is C13H17N3O3. The molecule has 0 aromatic heterocycles. The Balaban J connectivity index is 1.69. The second-order valence-corrected chi connectivity index (χ2v) is 4.36. The lowest BCUT2D eigenvalue weighted by molar-refractivity contribution is -0.143. The lowest BCUT2D eigenvalue weighted by atomic mass is 10.1. The Labute approximate surface area is 111 Å². The van der Waals surface area contributed by atoms with Gasteiger partial charge < -0.3 is 20.7 Å². The highest BCUT2D eigenvalue weighted by Gasteiger charge is 2.19. The highest BCUT2D eigenvalue weighted by molar-refractivity contribution is 5.76. The molecule has 0 saturated carbocycles. The van der Waals surface area contributed by atoms with Gasteiger partial charge in [-0.05, 0) is 17.7 Å². The first kappa shape index (κ1) is 13.2. The summed E-state index contributed by atoms with van der Waals surface area (Å²) in [7, 11) is 0. The molecule has 2 amide bonds. The van der Waals surface area contributed by atoms with Crippen molar-refractivity contribution in [3.8, 4) is 0 Å². The number of anilines is 1. The first-order valence-electron chi connectivity index (χ1n) is 6.18. The summed E-state index contributed by atoms with van der Waals surface area (Å²) in [4.78, 5) is 24.4. The number of ether oxygens (including phenoxy) is 1. The van der Waals surface area contributed by atoms with Gasteiger partial charge in [0.1, 0.15) is 6.61 Å². The van der Waals surface area contributed by atoms with Crippen LogP contribution in [0.4, 0.5) is 10.5 Å². The molecule has 1 fully saturated rings. The lowest BCUT2D eigenvalue weighted by Gasteiger charge is -2.13. The van der Waals surface area contributed by atoms with Gasteiger partial charge >= 0.3 is 12.0 Å². The Bertz CT molecular complexity index is 459. The van der Waals surface area contributed by atoms with Crippen LogP contribution < -0.4 is 11.1 Å². The molecule has 102 valence electrons. The largest absolute Gasteiger partial charge is 0.464 e. The average molecular weight is 263 g/mol. The normalized spacial score (nSPS) is 14.3. The Hall–Kier alpha value is -2.24. The fourth-order valence-corrected chi connectivity index (χ4v) is 1.85. The molecule has 0 aliphatic carbocycles. The van der Waals surface area contributed by atoms with Gasteiger partial charge in [0.05, 0.1) is 13.0 Å². The maximum atomic E-state index is 11.6. The molecule has 1 aliphatic rings. The summed E-state index contributed by atoms with van der Waals surface area (Å²) < 4.78 is 5.09. The number of esters is 1. The van der Waals surface area contributed by atoms with E-state index in [9.17, 15) is 9.59 Å². The van der Waals surface area contributed by atoms with E-state index >= 15 is 0 Å². The zero-order valence-corrected chi connectivity index (χ0v) is 10.6. The van der Waals surface area contributed by atoms with E-state index in [1.165, 1.54) is 0 Å². The van der Waals surface area contributed by atoms with Crippen molar-refractivity contribution in [1.82, 2.24) is 10.2 Å². The number of urea groups is 1. The topological polar surface area (TPSA) is 84.7 Å². The number of nitrogens with zero attached hydrogens (tertiary/aromatic N) is 1. The maximum Gasteiger partial charge on any atom is 0.317 e. The highest BCUT2D eigenvalue weighted by atomic mass is 16.5. The van der Waals surface area contributed by atoms with E-state index in [1.54, 1.807) is 29.2 Å². The van der Waals surface area contributed by atoms with Gasteiger partial charge in [-0.3, -0.25) is 4.79 Å². The summed E-state index contributed by atoms with van der Waals surface area (Å²) >= 11 is 0. The van der Waals surface area contributed by atoms with Crippen LogP contribution >= 0.6 is 0 Å². The van der Waals surface area contributed by atoms with Gasteiger partial charge in [-0.2, -0.15) is 0 Å². The molecule has 1 saturated heterocycles. The quantitative estimate of drug-likeness (QED) is 0.594. The van der Waals surface area contributed by atoms with Crippen LogP contribution in [0.5, 0.6) is 0 Å². The molecule has 2 rings (SSSR count). The summed E-state index contributed by atoms with van der Waals surface area (Å²) in [5, 5.41) is 2.69. The first-order chi connectivity index (χ1) is 9.15. The van der Waals surface area contributed by atoms with Crippen LogP contribution in [-0.4, -0.2) is 43.1 Å². The first-order valence-corrected chi connectivity index (χ1v) is 6.18. The van der Waals surface area contributed by atoms with Gasteiger partial charge in [0, 0.05) is 18.8 Å². The number of nitrogens with one attached hydrogen (secondary N) is 1. The van der Waals surface area contributed by atoms with Gasteiger partial charge in [0.25, 0.3) is 0 Å². The summed E-state index contributed by atoms with van der Waals surface area (Å²) in [6.45, 7) is 1.97. The molecule has 6 heteroatoms. The molecule has 1 aromatic carbocycles. The second-order valence-electron chi connectivity index (χ2n) is 4.36. The van der Waals surface area contributed by atoms with Crippen LogP contribution in [0.2, 0.25) is 0 Å². The van der Waals surface area contributed by atoms with Gasteiger partial charge in [0.2, 0.25) is 0 Å². The summed E-state index contributed by atoms with van der Waals surface area (Å²) in [5.41, 5.74) is 7.08. The van der Waals surface area contributed by atoms with Gasteiger partial charge in [-0.25, -0.2) is 4.79 Å². The lowest BCUT2D eigenvalue weighted by Crippen LogP contribution is -2.31. The monoisotopic (exact) mass is 263 g/mol. The van der Waals surface area contributed by atoms with Crippen LogP contribution in [0.3, 0.4) is 0 Å². The van der Waals surface area contributed by atoms with E-state index in [2.05, 4.69) is 5.32 Å². The fraction of sp³-hybridized carbons (Fsp3) is 0.385. The number of benzene rings is 1. The number of hydrogen-bond acceptors (Lipinski definition) is 4. The van der Waals surface area contributed by atoms with Crippen molar-refractivity contribution >= 4 is 17.7 Å². The number of amides is 2. The minimum atomic E-state index is -0.302. The SMILES string of the molecule is Nc1ccc(CC(=O)OCCN2CCNC2=O)cc1. The highest BCUT2D eigenvalue weighted by Crippen LogP contribution is 2.06. The van der Waals surface area contributed by atoms with E-state index in [0.29, 0.717) is 25.3 Å².